The van der Waals surface area contributed by atoms with Crippen LogP contribution in [0, 0.1) is 0 Å². The van der Waals surface area contributed by atoms with E-state index in [0.29, 0.717) is 19.0 Å². The number of nitrogens with zero attached hydrogens (tertiary/aromatic N) is 1. The van der Waals surface area contributed by atoms with Gasteiger partial charge >= 0.3 is 0 Å². The van der Waals surface area contributed by atoms with E-state index in [1.54, 1.807) is 0 Å². The highest BCUT2D eigenvalue weighted by molar-refractivity contribution is 5.75. The van der Waals surface area contributed by atoms with Crippen LogP contribution in [0.5, 0.6) is 0 Å². The lowest BCUT2D eigenvalue weighted by atomic mass is 10.1. The number of morpholine rings is 1. The Bertz CT molecular complexity index is 299. The number of carbonyl (C=O) groups excluding carboxylic acids is 1. The van der Waals surface area contributed by atoms with E-state index in [1.165, 1.54) is 19.4 Å². The van der Waals surface area contributed by atoms with Crippen LogP contribution in [0.25, 0.3) is 0 Å². The molecule has 5 heteroatoms. The second-order valence-electron chi connectivity index (χ2n) is 6.00. The van der Waals surface area contributed by atoms with Gasteiger partial charge in [-0.1, -0.05) is 12.8 Å². The minimum atomic E-state index is 0.157. The molecule has 0 bridgehead atoms. The molecule has 2 fully saturated rings. The lowest BCUT2D eigenvalue weighted by Crippen LogP contribution is -2.50. The molecule has 3 N–H and O–H groups in total. The Hall–Kier alpha value is -0.650. The van der Waals surface area contributed by atoms with Gasteiger partial charge < -0.3 is 15.8 Å². The third kappa shape index (κ3) is 5.04. The fourth-order valence-electron chi connectivity index (χ4n) is 3.11. The first-order valence-corrected chi connectivity index (χ1v) is 8.12. The molecule has 2 aliphatic rings. The Morgan fingerprint density at radius 3 is 3.00 bits per heavy atom. The summed E-state index contributed by atoms with van der Waals surface area (Å²) in [6.07, 6.45) is 7.61. The van der Waals surface area contributed by atoms with Crippen molar-refractivity contribution in [3.63, 3.8) is 0 Å². The highest BCUT2D eigenvalue weighted by Crippen LogP contribution is 2.22. The van der Waals surface area contributed by atoms with Gasteiger partial charge in [-0.25, -0.2) is 0 Å². The molecule has 0 saturated carbocycles. The van der Waals surface area contributed by atoms with Crippen molar-refractivity contribution in [2.75, 3.05) is 32.8 Å². The molecule has 2 saturated heterocycles. The molecule has 0 spiro atoms. The Balaban J connectivity index is 1.52. The van der Waals surface area contributed by atoms with Crippen molar-refractivity contribution in [1.82, 2.24) is 10.2 Å². The molecule has 1 amide bonds. The lowest BCUT2D eigenvalue weighted by molar-refractivity contribution is -0.122. The van der Waals surface area contributed by atoms with Gasteiger partial charge in [0.15, 0.2) is 0 Å². The number of fused-ring (bicyclic) bond motifs is 1. The van der Waals surface area contributed by atoms with E-state index in [9.17, 15) is 4.79 Å². The summed E-state index contributed by atoms with van der Waals surface area (Å²) < 4.78 is 5.83. The van der Waals surface area contributed by atoms with E-state index in [4.69, 9.17) is 10.5 Å². The smallest absolute Gasteiger partial charge is 0.220 e. The number of carbonyl (C=O) groups is 1. The third-order valence-electron chi connectivity index (χ3n) is 4.35. The van der Waals surface area contributed by atoms with Crippen LogP contribution >= 0.6 is 0 Å². The van der Waals surface area contributed by atoms with Crippen LogP contribution in [-0.4, -0.2) is 55.7 Å². The molecule has 0 aliphatic carbocycles. The Morgan fingerprint density at radius 1 is 1.30 bits per heavy atom. The van der Waals surface area contributed by atoms with Crippen molar-refractivity contribution in [2.24, 2.45) is 5.73 Å². The van der Waals surface area contributed by atoms with Crippen LogP contribution in [0.2, 0.25) is 0 Å². The van der Waals surface area contributed by atoms with Crippen molar-refractivity contribution in [1.29, 1.82) is 0 Å². The summed E-state index contributed by atoms with van der Waals surface area (Å²) in [5.41, 5.74) is 5.44. The van der Waals surface area contributed by atoms with Crippen LogP contribution in [0.15, 0.2) is 0 Å². The molecule has 2 unspecified atom stereocenters. The first kappa shape index (κ1) is 15.7. The molecular formula is C15H29N3O2. The monoisotopic (exact) mass is 283 g/mol. The molecule has 116 valence electrons. The van der Waals surface area contributed by atoms with Crippen LogP contribution in [0.1, 0.15) is 44.9 Å². The van der Waals surface area contributed by atoms with E-state index in [2.05, 4.69) is 10.2 Å². The highest BCUT2D eigenvalue weighted by atomic mass is 16.5. The average molecular weight is 283 g/mol. The molecule has 20 heavy (non-hydrogen) atoms. The number of ether oxygens (including phenoxy) is 1. The molecule has 0 radical (unpaired) electrons. The second kappa shape index (κ2) is 8.60. The van der Waals surface area contributed by atoms with Crippen LogP contribution in [0.3, 0.4) is 0 Å². The van der Waals surface area contributed by atoms with Gasteiger partial charge in [-0.15, -0.1) is 0 Å². The predicted octanol–water partition coefficient (Wildman–Crippen LogP) is 0.875. The van der Waals surface area contributed by atoms with E-state index in [-0.39, 0.29) is 12.0 Å². The highest BCUT2D eigenvalue weighted by Gasteiger charge is 2.32. The van der Waals surface area contributed by atoms with Crippen molar-refractivity contribution in [3.8, 4) is 0 Å². The van der Waals surface area contributed by atoms with Gasteiger partial charge in [0.25, 0.3) is 0 Å². The molecule has 5 nitrogen and oxygen atoms in total. The van der Waals surface area contributed by atoms with Crippen molar-refractivity contribution < 1.29 is 9.53 Å². The zero-order valence-corrected chi connectivity index (χ0v) is 12.5. The van der Waals surface area contributed by atoms with Crippen LogP contribution in [-0.2, 0) is 9.53 Å². The topological polar surface area (TPSA) is 67.6 Å². The first-order valence-electron chi connectivity index (χ1n) is 8.12. The molecule has 2 aliphatic heterocycles. The minimum Gasteiger partial charge on any atom is -0.373 e. The summed E-state index contributed by atoms with van der Waals surface area (Å²) in [6, 6.07) is 0.629. The fraction of sp³-hybridized carbons (Fsp3) is 0.933. The maximum atomic E-state index is 11.7. The van der Waals surface area contributed by atoms with Gasteiger partial charge in [0.1, 0.15) is 0 Å². The summed E-state index contributed by atoms with van der Waals surface area (Å²) in [4.78, 5) is 14.2. The zero-order valence-electron chi connectivity index (χ0n) is 12.5. The summed E-state index contributed by atoms with van der Waals surface area (Å²) in [6.45, 7) is 4.41. The van der Waals surface area contributed by atoms with Gasteiger partial charge in [0.2, 0.25) is 5.91 Å². The molecule has 2 atom stereocenters. The molecule has 0 aromatic carbocycles. The normalized spacial score (nSPS) is 26.4. The van der Waals surface area contributed by atoms with Gasteiger partial charge in [-0.2, -0.15) is 0 Å². The fourth-order valence-corrected chi connectivity index (χ4v) is 3.11. The van der Waals surface area contributed by atoms with E-state index in [0.717, 1.165) is 45.4 Å². The molecule has 0 aromatic heterocycles. The van der Waals surface area contributed by atoms with Gasteiger partial charge in [-0.05, 0) is 38.8 Å². The number of nitrogens with one attached hydrogen (secondary N) is 1. The zero-order chi connectivity index (χ0) is 14.2. The van der Waals surface area contributed by atoms with E-state index >= 15 is 0 Å². The Kier molecular flexibility index (Phi) is 6.76. The average Bonchev–Trinajstić information content (AvgIpc) is 2.92. The number of hydrogen-bond acceptors (Lipinski definition) is 4. The van der Waals surface area contributed by atoms with E-state index in [1.807, 2.05) is 0 Å². The summed E-state index contributed by atoms with van der Waals surface area (Å²) in [5.74, 6) is 0.157. The second-order valence-corrected chi connectivity index (χ2v) is 6.00. The van der Waals surface area contributed by atoms with Crippen molar-refractivity contribution >= 4 is 5.91 Å². The number of nitrogens with two attached hydrogens (primary N) is 1. The van der Waals surface area contributed by atoms with E-state index < -0.39 is 0 Å². The molecule has 0 aromatic rings. The lowest BCUT2D eigenvalue weighted by Gasteiger charge is -2.35. The maximum absolute atomic E-state index is 11.7. The van der Waals surface area contributed by atoms with Crippen LogP contribution < -0.4 is 11.1 Å². The third-order valence-corrected chi connectivity index (χ3v) is 4.35. The summed E-state index contributed by atoms with van der Waals surface area (Å²) >= 11 is 0. The standard InChI is InChI=1S/C15H29N3O2/c16-8-4-2-1-3-7-15(19)17-10-14-11-18-9-5-6-13(18)12-20-14/h13-14H,1-12,16H2,(H,17,19). The minimum absolute atomic E-state index is 0.157. The molecule has 2 heterocycles. The van der Waals surface area contributed by atoms with Gasteiger partial charge in [0.05, 0.1) is 12.7 Å². The number of hydrogen-bond donors (Lipinski definition) is 2. The largest absolute Gasteiger partial charge is 0.373 e. The summed E-state index contributed by atoms with van der Waals surface area (Å²) in [5, 5.41) is 3.01. The SMILES string of the molecule is NCCCCCCC(=O)NCC1CN2CCCC2CO1. The Labute approximate surface area is 122 Å². The van der Waals surface area contributed by atoms with Gasteiger partial charge in [0, 0.05) is 25.6 Å². The first-order chi connectivity index (χ1) is 9.79. The van der Waals surface area contributed by atoms with Crippen molar-refractivity contribution in [2.45, 2.75) is 57.1 Å². The molecular weight excluding hydrogens is 254 g/mol. The van der Waals surface area contributed by atoms with Crippen LogP contribution in [0.4, 0.5) is 0 Å². The van der Waals surface area contributed by atoms with Crippen molar-refractivity contribution in [3.05, 3.63) is 0 Å². The maximum Gasteiger partial charge on any atom is 0.220 e. The predicted molar refractivity (Wildman–Crippen MR) is 79.5 cm³/mol. The van der Waals surface area contributed by atoms with Gasteiger partial charge in [-0.3, -0.25) is 9.69 Å². The number of amides is 1. The Morgan fingerprint density at radius 2 is 2.15 bits per heavy atom. The number of unbranched alkanes of at least 4 members (excludes halogenated alkanes) is 3. The quantitative estimate of drug-likeness (QED) is 0.649. The molecule has 2 rings (SSSR count). The number of rotatable bonds is 8. The summed E-state index contributed by atoms with van der Waals surface area (Å²) in [7, 11) is 0.